The van der Waals surface area contributed by atoms with Crippen LogP contribution >= 0.6 is 11.3 Å². The normalized spacial score (nSPS) is 31.8. The van der Waals surface area contributed by atoms with Crippen molar-refractivity contribution < 1.29 is 9.59 Å². The van der Waals surface area contributed by atoms with Crippen molar-refractivity contribution in [2.45, 2.75) is 31.3 Å². The van der Waals surface area contributed by atoms with Gasteiger partial charge in [0.15, 0.2) is 5.13 Å². The highest BCUT2D eigenvalue weighted by Gasteiger charge is 2.55. The van der Waals surface area contributed by atoms with Gasteiger partial charge in [-0.25, -0.2) is 4.98 Å². The SMILES string of the molecule is O=C1N[C@@]2(CC3CCC2CC3C(=O)Nc2nccs2)Nc2ccccc21. The van der Waals surface area contributed by atoms with Crippen LogP contribution in [0.3, 0.4) is 0 Å². The largest absolute Gasteiger partial charge is 0.362 e. The van der Waals surface area contributed by atoms with E-state index >= 15 is 0 Å². The van der Waals surface area contributed by atoms with E-state index in [1.54, 1.807) is 6.20 Å². The molecule has 1 aliphatic heterocycles. The highest BCUT2D eigenvalue weighted by molar-refractivity contribution is 7.13. The molecular weight excluding hydrogens is 348 g/mol. The first-order valence-electron chi connectivity index (χ1n) is 9.05. The van der Waals surface area contributed by atoms with E-state index in [4.69, 9.17) is 0 Å². The molecule has 0 saturated heterocycles. The molecule has 3 aliphatic carbocycles. The summed E-state index contributed by atoms with van der Waals surface area (Å²) in [5, 5.41) is 12.3. The number of thiazole rings is 1. The van der Waals surface area contributed by atoms with Crippen LogP contribution in [0.5, 0.6) is 0 Å². The predicted molar refractivity (Wildman–Crippen MR) is 99.9 cm³/mol. The minimum absolute atomic E-state index is 0.0147. The number of carbonyl (C=O) groups excluding carboxylic acids is 2. The van der Waals surface area contributed by atoms with Crippen molar-refractivity contribution >= 4 is 34.0 Å². The molecule has 1 aromatic carbocycles. The van der Waals surface area contributed by atoms with Crippen molar-refractivity contribution in [3.8, 4) is 0 Å². The molecule has 4 aliphatic rings. The molecule has 2 heterocycles. The second-order valence-corrected chi connectivity index (χ2v) is 8.40. The number of nitrogens with zero attached hydrogens (tertiary/aromatic N) is 1. The van der Waals surface area contributed by atoms with Crippen LogP contribution in [0.15, 0.2) is 35.8 Å². The van der Waals surface area contributed by atoms with E-state index in [0.717, 1.165) is 31.4 Å². The van der Waals surface area contributed by atoms with E-state index in [-0.39, 0.29) is 29.6 Å². The van der Waals surface area contributed by atoms with Crippen LogP contribution in [0, 0.1) is 17.8 Å². The van der Waals surface area contributed by atoms with Crippen LogP contribution in [0.2, 0.25) is 0 Å². The fraction of sp³-hybridized carbons (Fsp3) is 0.421. The number of anilines is 2. The third-order valence-corrected chi connectivity index (χ3v) is 6.83. The van der Waals surface area contributed by atoms with E-state index in [9.17, 15) is 9.59 Å². The number of benzene rings is 1. The molecule has 7 heteroatoms. The summed E-state index contributed by atoms with van der Waals surface area (Å²) in [4.78, 5) is 29.5. The molecule has 3 N–H and O–H groups in total. The Kier molecular flexibility index (Phi) is 3.53. The molecule has 2 amide bonds. The average Bonchev–Trinajstić information content (AvgIpc) is 3.15. The molecule has 1 spiro atoms. The summed E-state index contributed by atoms with van der Waals surface area (Å²) in [6.07, 6.45) is 5.33. The molecule has 26 heavy (non-hydrogen) atoms. The number of aromatic nitrogens is 1. The number of nitrogens with one attached hydrogen (secondary N) is 3. The van der Waals surface area contributed by atoms with Crippen LogP contribution in [0.4, 0.5) is 10.8 Å². The molecule has 3 unspecified atom stereocenters. The van der Waals surface area contributed by atoms with Gasteiger partial charge in [0, 0.05) is 29.1 Å². The maximum absolute atomic E-state index is 12.7. The number of hydrogen-bond donors (Lipinski definition) is 3. The summed E-state index contributed by atoms with van der Waals surface area (Å²) in [6, 6.07) is 7.63. The summed E-state index contributed by atoms with van der Waals surface area (Å²) in [5.74, 6) is 0.539. The highest BCUT2D eigenvalue weighted by Crippen LogP contribution is 2.52. The summed E-state index contributed by atoms with van der Waals surface area (Å²) in [5.41, 5.74) is 1.16. The Morgan fingerprint density at radius 1 is 1.27 bits per heavy atom. The lowest BCUT2D eigenvalue weighted by molar-refractivity contribution is -0.126. The van der Waals surface area contributed by atoms with Crippen molar-refractivity contribution in [1.29, 1.82) is 0 Å². The first-order chi connectivity index (χ1) is 12.6. The molecule has 6 rings (SSSR count). The van der Waals surface area contributed by atoms with Crippen LogP contribution in [0.25, 0.3) is 0 Å². The van der Waals surface area contributed by atoms with Crippen LogP contribution in [-0.2, 0) is 4.79 Å². The quantitative estimate of drug-likeness (QED) is 0.761. The third-order valence-electron chi connectivity index (χ3n) is 6.14. The summed E-state index contributed by atoms with van der Waals surface area (Å²) >= 11 is 1.44. The first kappa shape index (κ1) is 15.8. The Labute approximate surface area is 155 Å². The molecular formula is C19H20N4O2S. The Bertz CT molecular complexity index is 868. The Hall–Kier alpha value is -2.41. The van der Waals surface area contributed by atoms with Gasteiger partial charge in [0.25, 0.3) is 5.91 Å². The molecule has 4 atom stereocenters. The van der Waals surface area contributed by atoms with Crippen molar-refractivity contribution in [2.24, 2.45) is 17.8 Å². The lowest BCUT2D eigenvalue weighted by Gasteiger charge is -2.56. The van der Waals surface area contributed by atoms with E-state index in [0.29, 0.717) is 10.7 Å². The maximum Gasteiger partial charge on any atom is 0.255 e. The van der Waals surface area contributed by atoms with Crippen molar-refractivity contribution in [3.05, 3.63) is 41.4 Å². The van der Waals surface area contributed by atoms with E-state index in [1.807, 2.05) is 29.6 Å². The fourth-order valence-electron chi connectivity index (χ4n) is 4.95. The zero-order chi connectivity index (χ0) is 17.7. The number of fused-ring (bicyclic) bond motifs is 3. The second-order valence-electron chi connectivity index (χ2n) is 7.50. The van der Waals surface area contributed by atoms with Crippen LogP contribution in [-0.4, -0.2) is 22.5 Å². The molecule has 2 bridgehead atoms. The minimum atomic E-state index is -0.424. The van der Waals surface area contributed by atoms with Gasteiger partial charge in [0.1, 0.15) is 5.66 Å². The molecule has 3 fully saturated rings. The van der Waals surface area contributed by atoms with Crippen molar-refractivity contribution in [1.82, 2.24) is 10.3 Å². The Balaban J connectivity index is 1.38. The summed E-state index contributed by atoms with van der Waals surface area (Å²) in [7, 11) is 0. The monoisotopic (exact) mass is 368 g/mol. The lowest BCUT2D eigenvalue weighted by atomic mass is 9.58. The smallest absolute Gasteiger partial charge is 0.255 e. The molecule has 0 radical (unpaired) electrons. The van der Waals surface area contributed by atoms with Crippen LogP contribution in [0.1, 0.15) is 36.0 Å². The Morgan fingerprint density at radius 3 is 2.92 bits per heavy atom. The third kappa shape index (κ3) is 2.41. The zero-order valence-electron chi connectivity index (χ0n) is 14.2. The maximum atomic E-state index is 12.7. The molecule has 3 saturated carbocycles. The van der Waals surface area contributed by atoms with Gasteiger partial charge in [-0.15, -0.1) is 11.3 Å². The minimum Gasteiger partial charge on any atom is -0.362 e. The van der Waals surface area contributed by atoms with Gasteiger partial charge in [-0.1, -0.05) is 12.1 Å². The number of hydrogen-bond acceptors (Lipinski definition) is 5. The topological polar surface area (TPSA) is 83.1 Å². The van der Waals surface area contributed by atoms with Crippen molar-refractivity contribution in [3.63, 3.8) is 0 Å². The molecule has 134 valence electrons. The fourth-order valence-corrected chi connectivity index (χ4v) is 5.48. The summed E-state index contributed by atoms with van der Waals surface area (Å²) < 4.78 is 0. The van der Waals surface area contributed by atoms with Gasteiger partial charge in [-0.3, -0.25) is 9.59 Å². The molecule has 1 aromatic heterocycles. The number of rotatable bonds is 2. The highest BCUT2D eigenvalue weighted by atomic mass is 32.1. The van der Waals surface area contributed by atoms with Gasteiger partial charge >= 0.3 is 0 Å². The lowest BCUT2D eigenvalue weighted by Crippen LogP contribution is -2.67. The summed E-state index contributed by atoms with van der Waals surface area (Å²) in [6.45, 7) is 0. The van der Waals surface area contributed by atoms with Crippen molar-refractivity contribution in [2.75, 3.05) is 10.6 Å². The molecule has 2 aromatic rings. The van der Waals surface area contributed by atoms with Crippen LogP contribution < -0.4 is 16.0 Å². The van der Waals surface area contributed by atoms with Gasteiger partial charge in [-0.05, 0) is 43.7 Å². The number of amides is 2. The van der Waals surface area contributed by atoms with Gasteiger partial charge in [0.2, 0.25) is 5.91 Å². The van der Waals surface area contributed by atoms with E-state index in [2.05, 4.69) is 20.9 Å². The van der Waals surface area contributed by atoms with Gasteiger partial charge in [-0.2, -0.15) is 0 Å². The predicted octanol–water partition coefficient (Wildman–Crippen LogP) is 3.07. The van der Waals surface area contributed by atoms with Gasteiger partial charge in [0.05, 0.1) is 5.56 Å². The molecule has 6 nitrogen and oxygen atoms in total. The Morgan fingerprint density at radius 2 is 2.15 bits per heavy atom. The first-order valence-corrected chi connectivity index (χ1v) is 9.93. The number of carbonyl (C=O) groups is 2. The van der Waals surface area contributed by atoms with E-state index in [1.165, 1.54) is 11.3 Å². The average molecular weight is 368 g/mol. The van der Waals surface area contributed by atoms with E-state index < -0.39 is 5.66 Å². The standard InChI is InChI=1S/C19H20N4O2S/c24-16(21-18-20-7-8-26-18)14-9-12-6-5-11(14)10-19(12)22-15-4-2-1-3-13(15)17(25)23-19/h1-4,7-8,11-12,14,22H,5-6,9-10H2,(H,23,25)(H,20,21,24)/t11?,12?,14?,19-/m1/s1. The number of para-hydroxylation sites is 1. The second kappa shape index (κ2) is 5.81. The zero-order valence-corrected chi connectivity index (χ0v) is 15.0. The van der Waals surface area contributed by atoms with Gasteiger partial charge < -0.3 is 16.0 Å².